The number of aryl methyl sites for hydroxylation is 1. The predicted octanol–water partition coefficient (Wildman–Crippen LogP) is 6.29. The SMILES string of the molecule is Cc1cc(Cl)cc2sc(N(Cc3ccccc3)C(=O)c3cccc(S(=O)(=O)C(C)C)c3)nc12. The van der Waals surface area contributed by atoms with Crippen LogP contribution in [0.5, 0.6) is 0 Å². The van der Waals surface area contributed by atoms with Crippen molar-refractivity contribution in [2.24, 2.45) is 0 Å². The average molecular weight is 499 g/mol. The summed E-state index contributed by atoms with van der Waals surface area (Å²) in [5, 5.41) is 0.560. The lowest BCUT2D eigenvalue weighted by atomic mass is 10.1. The molecular weight excluding hydrogens is 476 g/mol. The van der Waals surface area contributed by atoms with E-state index in [2.05, 4.69) is 0 Å². The van der Waals surface area contributed by atoms with E-state index in [0.717, 1.165) is 21.3 Å². The third-order valence-electron chi connectivity index (χ3n) is 5.33. The lowest BCUT2D eigenvalue weighted by molar-refractivity contribution is 0.0985. The van der Waals surface area contributed by atoms with Crippen molar-refractivity contribution in [2.75, 3.05) is 4.90 Å². The second kappa shape index (κ2) is 9.25. The van der Waals surface area contributed by atoms with Crippen molar-refractivity contribution in [1.29, 1.82) is 0 Å². The topological polar surface area (TPSA) is 67.3 Å². The number of anilines is 1. The Hall–Kier alpha value is -2.74. The van der Waals surface area contributed by atoms with Crippen molar-refractivity contribution in [3.8, 4) is 0 Å². The summed E-state index contributed by atoms with van der Waals surface area (Å²) in [7, 11) is -3.51. The number of fused-ring (bicyclic) bond motifs is 1. The summed E-state index contributed by atoms with van der Waals surface area (Å²) in [5.74, 6) is -0.317. The number of sulfone groups is 1. The molecule has 0 N–H and O–H groups in total. The maximum atomic E-state index is 13.7. The molecule has 5 nitrogen and oxygen atoms in total. The van der Waals surface area contributed by atoms with E-state index in [0.29, 0.717) is 22.3 Å². The van der Waals surface area contributed by atoms with Crippen LogP contribution >= 0.6 is 22.9 Å². The number of carbonyl (C=O) groups is 1. The van der Waals surface area contributed by atoms with E-state index in [9.17, 15) is 13.2 Å². The zero-order chi connectivity index (χ0) is 23.8. The van der Waals surface area contributed by atoms with Crippen molar-refractivity contribution in [3.05, 3.63) is 88.4 Å². The van der Waals surface area contributed by atoms with E-state index in [1.165, 1.54) is 23.5 Å². The molecule has 0 fully saturated rings. The number of rotatable bonds is 6. The Labute approximate surface area is 202 Å². The first-order valence-corrected chi connectivity index (χ1v) is 13.2. The number of aromatic nitrogens is 1. The number of carbonyl (C=O) groups excluding carboxylic acids is 1. The lowest BCUT2D eigenvalue weighted by Crippen LogP contribution is -2.30. The van der Waals surface area contributed by atoms with Crippen LogP contribution in [0.4, 0.5) is 5.13 Å². The summed E-state index contributed by atoms with van der Waals surface area (Å²) in [6, 6.07) is 19.5. The molecule has 0 saturated heterocycles. The molecule has 1 heterocycles. The average Bonchev–Trinajstić information content (AvgIpc) is 3.22. The van der Waals surface area contributed by atoms with Gasteiger partial charge in [0.15, 0.2) is 15.0 Å². The number of hydrogen-bond acceptors (Lipinski definition) is 5. The first-order valence-electron chi connectivity index (χ1n) is 10.4. The molecule has 0 spiro atoms. The van der Waals surface area contributed by atoms with E-state index < -0.39 is 15.1 Å². The second-order valence-electron chi connectivity index (χ2n) is 8.06. The van der Waals surface area contributed by atoms with Gasteiger partial charge in [0.05, 0.1) is 26.9 Å². The molecule has 0 aliphatic heterocycles. The minimum Gasteiger partial charge on any atom is -0.279 e. The minimum absolute atomic E-state index is 0.134. The van der Waals surface area contributed by atoms with Crippen LogP contribution in [0.1, 0.15) is 35.3 Å². The Balaban J connectivity index is 1.81. The van der Waals surface area contributed by atoms with Gasteiger partial charge in [0.25, 0.3) is 5.91 Å². The fourth-order valence-electron chi connectivity index (χ4n) is 3.48. The zero-order valence-electron chi connectivity index (χ0n) is 18.4. The quantitative estimate of drug-likeness (QED) is 0.313. The van der Waals surface area contributed by atoms with Gasteiger partial charge in [0.1, 0.15) is 0 Å². The fourth-order valence-corrected chi connectivity index (χ4v) is 6.01. The Morgan fingerprint density at radius 2 is 1.79 bits per heavy atom. The van der Waals surface area contributed by atoms with Crippen molar-refractivity contribution < 1.29 is 13.2 Å². The molecule has 0 unspecified atom stereocenters. The van der Waals surface area contributed by atoms with Crippen LogP contribution in [-0.4, -0.2) is 24.6 Å². The maximum absolute atomic E-state index is 13.7. The van der Waals surface area contributed by atoms with Gasteiger partial charge in [-0.05, 0) is 62.2 Å². The van der Waals surface area contributed by atoms with Crippen LogP contribution in [0.3, 0.4) is 0 Å². The van der Waals surface area contributed by atoms with Gasteiger partial charge in [-0.25, -0.2) is 13.4 Å². The fraction of sp³-hybridized carbons (Fsp3) is 0.200. The summed E-state index contributed by atoms with van der Waals surface area (Å²) < 4.78 is 26.2. The largest absolute Gasteiger partial charge is 0.279 e. The van der Waals surface area contributed by atoms with Crippen molar-refractivity contribution in [3.63, 3.8) is 0 Å². The van der Waals surface area contributed by atoms with Crippen LogP contribution in [0.15, 0.2) is 71.6 Å². The molecule has 0 saturated carbocycles. The number of thiazole rings is 1. The number of amides is 1. The van der Waals surface area contributed by atoms with Crippen LogP contribution in [0, 0.1) is 6.92 Å². The molecule has 1 aromatic heterocycles. The minimum atomic E-state index is -3.51. The van der Waals surface area contributed by atoms with Crippen LogP contribution in [0.25, 0.3) is 10.2 Å². The molecular formula is C25H23ClN2O3S2. The first-order chi connectivity index (χ1) is 15.7. The van der Waals surface area contributed by atoms with Crippen molar-refractivity contribution in [1.82, 2.24) is 4.98 Å². The highest BCUT2D eigenvalue weighted by Crippen LogP contribution is 2.34. The normalized spacial score (nSPS) is 11.8. The molecule has 0 aliphatic carbocycles. The van der Waals surface area contributed by atoms with E-state index >= 15 is 0 Å². The van der Waals surface area contributed by atoms with Crippen LogP contribution in [-0.2, 0) is 16.4 Å². The number of hydrogen-bond donors (Lipinski definition) is 0. The van der Waals surface area contributed by atoms with Gasteiger partial charge in [0, 0.05) is 10.6 Å². The Morgan fingerprint density at radius 3 is 2.48 bits per heavy atom. The monoisotopic (exact) mass is 498 g/mol. The molecule has 1 amide bonds. The zero-order valence-corrected chi connectivity index (χ0v) is 20.8. The number of benzene rings is 3. The van der Waals surface area contributed by atoms with Gasteiger partial charge >= 0.3 is 0 Å². The van der Waals surface area contributed by atoms with E-state index in [1.54, 1.807) is 30.9 Å². The molecule has 33 heavy (non-hydrogen) atoms. The van der Waals surface area contributed by atoms with Gasteiger partial charge in [0.2, 0.25) is 0 Å². The summed E-state index contributed by atoms with van der Waals surface area (Å²) in [4.78, 5) is 20.2. The molecule has 4 rings (SSSR count). The van der Waals surface area contributed by atoms with E-state index in [4.69, 9.17) is 16.6 Å². The highest BCUT2D eigenvalue weighted by atomic mass is 35.5. The molecule has 0 atom stereocenters. The lowest BCUT2D eigenvalue weighted by Gasteiger charge is -2.20. The summed E-state index contributed by atoms with van der Waals surface area (Å²) in [5.41, 5.74) is 2.95. The smallest absolute Gasteiger partial charge is 0.260 e. The Bertz CT molecular complexity index is 1430. The summed E-state index contributed by atoms with van der Waals surface area (Å²) in [6.07, 6.45) is 0. The molecule has 8 heteroatoms. The Morgan fingerprint density at radius 1 is 1.06 bits per heavy atom. The molecule has 0 radical (unpaired) electrons. The number of nitrogens with zero attached hydrogens (tertiary/aromatic N) is 2. The molecule has 0 bridgehead atoms. The third-order valence-corrected chi connectivity index (χ3v) is 8.72. The van der Waals surface area contributed by atoms with Gasteiger partial charge in [-0.3, -0.25) is 9.69 Å². The van der Waals surface area contributed by atoms with Crippen molar-refractivity contribution >= 4 is 54.0 Å². The van der Waals surface area contributed by atoms with E-state index in [-0.39, 0.29) is 10.8 Å². The van der Waals surface area contributed by atoms with E-state index in [1.807, 2.05) is 49.4 Å². The highest BCUT2D eigenvalue weighted by molar-refractivity contribution is 7.92. The molecule has 170 valence electrons. The van der Waals surface area contributed by atoms with Crippen LogP contribution < -0.4 is 4.90 Å². The second-order valence-corrected chi connectivity index (χ2v) is 12.0. The summed E-state index contributed by atoms with van der Waals surface area (Å²) in [6.45, 7) is 5.48. The maximum Gasteiger partial charge on any atom is 0.260 e. The summed E-state index contributed by atoms with van der Waals surface area (Å²) >= 11 is 7.61. The molecule has 0 aliphatic rings. The van der Waals surface area contributed by atoms with Gasteiger partial charge in [-0.1, -0.05) is 59.3 Å². The standard InChI is InChI=1S/C25H23ClN2O3S2/c1-16(2)33(30,31)21-11-7-10-19(13-21)24(29)28(15-18-8-5-4-6-9-18)25-27-23-17(3)12-20(26)14-22(23)32-25/h4-14,16H,15H2,1-3H3. The van der Waals surface area contributed by atoms with Crippen LogP contribution in [0.2, 0.25) is 5.02 Å². The Kier molecular flexibility index (Phi) is 6.56. The number of halogens is 1. The van der Waals surface area contributed by atoms with Gasteiger partial charge in [-0.2, -0.15) is 0 Å². The van der Waals surface area contributed by atoms with Gasteiger partial charge < -0.3 is 0 Å². The third kappa shape index (κ3) is 4.81. The molecule has 4 aromatic rings. The predicted molar refractivity (Wildman–Crippen MR) is 135 cm³/mol. The van der Waals surface area contributed by atoms with Gasteiger partial charge in [-0.15, -0.1) is 0 Å². The van der Waals surface area contributed by atoms with Crippen molar-refractivity contribution in [2.45, 2.75) is 37.5 Å². The molecule has 3 aromatic carbocycles. The first kappa shape index (κ1) is 23.4. The highest BCUT2D eigenvalue weighted by Gasteiger charge is 2.25.